The summed E-state index contributed by atoms with van der Waals surface area (Å²) in [5.41, 5.74) is -0.419. The van der Waals surface area contributed by atoms with Crippen LogP contribution in [-0.4, -0.2) is 71.6 Å². The molecule has 0 fully saturated rings. The minimum Gasteiger partial charge on any atom is -1.00 e. The number of aryl methyl sites for hydroxylation is 2. The Morgan fingerprint density at radius 1 is 0.275 bits per heavy atom. The third-order valence-electron chi connectivity index (χ3n) is 10.7. The standard InChI is InChI=1S/C41H28F26P.BrH/c42-30(43,32(46,47)34(50,51)36(54,55)38(58,59)40(62,63)64)21-19-24-11-15-28(16-12-24)68(27-9-5-2-6-10-27,23-26-7-3-1-4-8-26)29-17-13-25(14-18-29)20-22-31(44,45)33(48,49)35(52,53)37(56,57)39(60,61)41(65,66)67;/h1-18H,19-23H2;1H/q+1;/p-1. The Bertz CT molecular complexity index is 2190. The zero-order valence-electron chi connectivity index (χ0n) is 33.6. The molecule has 0 bridgehead atoms. The van der Waals surface area contributed by atoms with Gasteiger partial charge in [0.2, 0.25) is 0 Å². The molecule has 0 unspecified atom stereocenters. The lowest BCUT2D eigenvalue weighted by Crippen LogP contribution is -3.00. The van der Waals surface area contributed by atoms with E-state index in [4.69, 9.17) is 0 Å². The maximum absolute atomic E-state index is 14.7. The molecule has 4 aromatic rings. The van der Waals surface area contributed by atoms with Gasteiger partial charge in [0.1, 0.15) is 23.2 Å². The molecule has 0 aliphatic rings. The highest BCUT2D eigenvalue weighted by molar-refractivity contribution is 7.95. The highest BCUT2D eigenvalue weighted by Gasteiger charge is 2.92. The number of alkyl halides is 26. The summed E-state index contributed by atoms with van der Waals surface area (Å²) in [7, 11) is -3.34. The Balaban J connectivity index is 0.0000126. The van der Waals surface area contributed by atoms with Crippen LogP contribution >= 0.6 is 7.26 Å². The van der Waals surface area contributed by atoms with Gasteiger partial charge < -0.3 is 17.0 Å². The molecule has 4 aromatic carbocycles. The first-order valence-corrected chi connectivity index (χ1v) is 20.6. The van der Waals surface area contributed by atoms with Crippen LogP contribution in [0.2, 0.25) is 0 Å². The van der Waals surface area contributed by atoms with E-state index in [0.29, 0.717) is 10.9 Å². The molecule has 0 spiro atoms. The van der Waals surface area contributed by atoms with Crippen molar-refractivity contribution in [2.24, 2.45) is 0 Å². The fourth-order valence-electron chi connectivity index (χ4n) is 6.62. The summed E-state index contributed by atoms with van der Waals surface area (Å²) in [5.74, 6) is -75.9. The molecular formula is C41H28BrF26P. The molecule has 4 rings (SSSR count). The average molecular weight is 1130 g/mol. The van der Waals surface area contributed by atoms with Gasteiger partial charge in [0.05, 0.1) is 6.16 Å². The van der Waals surface area contributed by atoms with Crippen LogP contribution < -0.4 is 32.9 Å². The maximum Gasteiger partial charge on any atom is 0.460 e. The predicted octanol–water partition coefficient (Wildman–Crippen LogP) is 11.5. The molecule has 0 aromatic heterocycles. The number of hydrogen-bond donors (Lipinski definition) is 0. The molecule has 0 radical (unpaired) electrons. The smallest absolute Gasteiger partial charge is 0.460 e. The SMILES string of the molecule is FC(F)(F)C(F)(F)C(F)(F)C(F)(F)C(F)(F)C(F)(F)CCc1ccc([P+](Cc2ccccc2)(c2ccccc2)c2ccc(CCC(F)(F)C(F)(F)C(F)(F)C(F)(F)C(F)(F)C(F)(F)F)cc2)cc1.[Br-]. The monoisotopic (exact) mass is 1120 g/mol. The van der Waals surface area contributed by atoms with Gasteiger partial charge in [-0.2, -0.15) is 114 Å². The highest BCUT2D eigenvalue weighted by atomic mass is 79.9. The van der Waals surface area contributed by atoms with Crippen molar-refractivity contribution in [1.82, 2.24) is 0 Å². The Hall–Kier alpha value is -4.03. The third-order valence-corrected chi connectivity index (χ3v) is 15.0. The summed E-state index contributed by atoms with van der Waals surface area (Å²) >= 11 is 0. The van der Waals surface area contributed by atoms with E-state index in [1.54, 1.807) is 30.3 Å². The van der Waals surface area contributed by atoms with E-state index in [1.807, 2.05) is 0 Å². The molecule has 0 aliphatic heterocycles. The topological polar surface area (TPSA) is 0 Å². The van der Waals surface area contributed by atoms with E-state index in [-0.39, 0.29) is 33.8 Å². The number of halogens is 27. The number of rotatable bonds is 19. The molecule has 0 amide bonds. The lowest BCUT2D eigenvalue weighted by Gasteiger charge is -2.39. The lowest BCUT2D eigenvalue weighted by molar-refractivity contribution is -0.440. The first-order chi connectivity index (χ1) is 30.6. The molecule has 0 saturated heterocycles. The van der Waals surface area contributed by atoms with Crippen LogP contribution in [0.15, 0.2) is 109 Å². The highest BCUT2D eigenvalue weighted by Crippen LogP contribution is 2.63. The fourth-order valence-corrected chi connectivity index (χ4v) is 10.8. The van der Waals surface area contributed by atoms with Crippen molar-refractivity contribution < 1.29 is 131 Å². The zero-order chi connectivity index (χ0) is 52.2. The fraction of sp³-hybridized carbons (Fsp3) is 0.415. The van der Waals surface area contributed by atoms with Gasteiger partial charge in [-0.05, 0) is 65.9 Å². The quantitative estimate of drug-likeness (QED) is 0.0648. The van der Waals surface area contributed by atoms with Crippen LogP contribution in [-0.2, 0) is 19.0 Å². The average Bonchev–Trinajstić information content (AvgIpc) is 3.24. The van der Waals surface area contributed by atoms with Crippen molar-refractivity contribution in [3.63, 3.8) is 0 Å². The van der Waals surface area contributed by atoms with E-state index in [2.05, 4.69) is 0 Å². The molecule has 28 heteroatoms. The summed E-state index contributed by atoms with van der Waals surface area (Å²) in [6, 6.07) is 23.7. The van der Waals surface area contributed by atoms with Crippen molar-refractivity contribution in [2.45, 2.75) is 103 Å². The first-order valence-electron chi connectivity index (χ1n) is 18.6. The second-order valence-corrected chi connectivity index (χ2v) is 18.6. The minimum atomic E-state index is -8.10. The van der Waals surface area contributed by atoms with E-state index >= 15 is 0 Å². The zero-order valence-corrected chi connectivity index (χ0v) is 36.1. The molecule has 0 saturated carbocycles. The van der Waals surface area contributed by atoms with Gasteiger partial charge in [0, 0.05) is 12.8 Å². The lowest BCUT2D eigenvalue weighted by atomic mass is 9.91. The summed E-state index contributed by atoms with van der Waals surface area (Å²) in [6.07, 6.45) is -23.2. The largest absolute Gasteiger partial charge is 1.00 e. The Morgan fingerprint density at radius 3 is 0.826 bits per heavy atom. The minimum absolute atomic E-state index is 0. The Morgan fingerprint density at radius 2 is 0.536 bits per heavy atom. The van der Waals surface area contributed by atoms with E-state index < -0.39 is 116 Å². The Kier molecular flexibility index (Phi) is 16.5. The summed E-state index contributed by atoms with van der Waals surface area (Å²) in [5, 5.41) is 0.817. The van der Waals surface area contributed by atoms with Crippen LogP contribution in [0.5, 0.6) is 0 Å². The molecule has 0 aliphatic carbocycles. The normalized spacial score (nSPS) is 14.7. The van der Waals surface area contributed by atoms with Gasteiger partial charge in [0.25, 0.3) is 0 Å². The second-order valence-electron chi connectivity index (χ2n) is 15.1. The van der Waals surface area contributed by atoms with Gasteiger partial charge in [-0.25, -0.2) is 0 Å². The molecule has 0 nitrogen and oxygen atoms in total. The Labute approximate surface area is 383 Å². The van der Waals surface area contributed by atoms with E-state index in [9.17, 15) is 114 Å². The summed E-state index contributed by atoms with van der Waals surface area (Å²) in [4.78, 5) is 0. The van der Waals surface area contributed by atoms with Gasteiger partial charge in [-0.3, -0.25) is 0 Å². The van der Waals surface area contributed by atoms with E-state index in [1.165, 1.54) is 30.3 Å². The molecule has 0 heterocycles. The third kappa shape index (κ3) is 9.97. The van der Waals surface area contributed by atoms with Gasteiger partial charge >= 0.3 is 71.6 Å². The van der Waals surface area contributed by atoms with Crippen molar-refractivity contribution in [2.75, 3.05) is 0 Å². The van der Waals surface area contributed by atoms with Crippen LogP contribution in [0.25, 0.3) is 0 Å². The summed E-state index contributed by atoms with van der Waals surface area (Å²) in [6.45, 7) is 0. The summed E-state index contributed by atoms with van der Waals surface area (Å²) < 4.78 is 356. The van der Waals surface area contributed by atoms with Crippen LogP contribution in [0.1, 0.15) is 29.5 Å². The molecule has 0 N–H and O–H groups in total. The molecular weight excluding hydrogens is 1100 g/mol. The molecule has 0 atom stereocenters. The first kappa shape index (κ1) is 59.3. The van der Waals surface area contributed by atoms with E-state index in [0.717, 1.165) is 48.5 Å². The van der Waals surface area contributed by atoms with Crippen molar-refractivity contribution in [3.05, 3.63) is 126 Å². The van der Waals surface area contributed by atoms with Crippen molar-refractivity contribution >= 4 is 23.2 Å². The van der Waals surface area contributed by atoms with Gasteiger partial charge in [-0.1, -0.05) is 72.8 Å². The van der Waals surface area contributed by atoms with Gasteiger partial charge in [0.15, 0.2) is 0 Å². The molecule has 386 valence electrons. The molecule has 69 heavy (non-hydrogen) atoms. The van der Waals surface area contributed by atoms with Crippen LogP contribution in [0, 0.1) is 0 Å². The second kappa shape index (κ2) is 19.2. The van der Waals surface area contributed by atoms with Crippen LogP contribution in [0.4, 0.5) is 114 Å². The number of hydrogen-bond acceptors (Lipinski definition) is 0. The van der Waals surface area contributed by atoms with Crippen molar-refractivity contribution in [1.29, 1.82) is 0 Å². The van der Waals surface area contributed by atoms with Gasteiger partial charge in [-0.15, -0.1) is 0 Å². The maximum atomic E-state index is 14.7. The van der Waals surface area contributed by atoms with Crippen LogP contribution in [0.3, 0.4) is 0 Å². The number of benzene rings is 4. The van der Waals surface area contributed by atoms with Crippen molar-refractivity contribution in [3.8, 4) is 0 Å². The predicted molar refractivity (Wildman–Crippen MR) is 194 cm³/mol.